The van der Waals surface area contributed by atoms with E-state index in [-0.39, 0.29) is 13.1 Å². The van der Waals surface area contributed by atoms with E-state index in [4.69, 9.17) is 16.3 Å². The fourth-order valence-corrected chi connectivity index (χ4v) is 3.14. The van der Waals surface area contributed by atoms with Crippen molar-refractivity contribution in [1.29, 1.82) is 0 Å². The van der Waals surface area contributed by atoms with Crippen molar-refractivity contribution in [2.45, 2.75) is 51.4 Å². The van der Waals surface area contributed by atoms with E-state index in [1.165, 1.54) is 9.58 Å². The van der Waals surface area contributed by atoms with E-state index in [2.05, 4.69) is 10.1 Å². The van der Waals surface area contributed by atoms with Gasteiger partial charge in [-0.3, -0.25) is 4.68 Å². The molecule has 2 aromatic rings. The molecule has 1 aliphatic rings. The monoisotopic (exact) mass is 368 g/mol. The van der Waals surface area contributed by atoms with Crippen LogP contribution in [0.25, 0.3) is 11.0 Å². The standard InChI is InChI=1S/C17H22ClFN4O2/c1-16(2,3)25-15(24)22-8-4-7-17(19,10-22)11-23-9-12-5-6-13(18)20-14(12)21-23/h5-6,9H,4,7-8,10-11H2,1-3H3. The molecule has 0 aliphatic carbocycles. The Morgan fingerprint density at radius 2 is 2.20 bits per heavy atom. The smallest absolute Gasteiger partial charge is 0.410 e. The second kappa shape index (κ2) is 6.44. The molecule has 1 aliphatic heterocycles. The molecule has 0 bridgehead atoms. The summed E-state index contributed by atoms with van der Waals surface area (Å²) in [5, 5.41) is 5.44. The molecule has 0 N–H and O–H groups in total. The first-order valence-electron chi connectivity index (χ1n) is 8.30. The molecule has 2 aromatic heterocycles. The molecule has 6 nitrogen and oxygen atoms in total. The van der Waals surface area contributed by atoms with Crippen molar-refractivity contribution < 1.29 is 13.9 Å². The second-order valence-corrected chi connectivity index (χ2v) is 7.92. The zero-order chi connectivity index (χ0) is 18.2. The summed E-state index contributed by atoms with van der Waals surface area (Å²) in [6.07, 6.45) is 2.22. The van der Waals surface area contributed by atoms with Crippen molar-refractivity contribution in [2.75, 3.05) is 13.1 Å². The lowest BCUT2D eigenvalue weighted by atomic mass is 9.95. The zero-order valence-corrected chi connectivity index (χ0v) is 15.4. The van der Waals surface area contributed by atoms with Crippen LogP contribution in [-0.4, -0.2) is 50.1 Å². The predicted octanol–water partition coefficient (Wildman–Crippen LogP) is 3.82. The normalized spacial score (nSPS) is 21.6. The van der Waals surface area contributed by atoms with Gasteiger partial charge in [0.1, 0.15) is 16.4 Å². The molecule has 1 amide bonds. The van der Waals surface area contributed by atoms with E-state index in [0.29, 0.717) is 30.2 Å². The maximum atomic E-state index is 15.4. The molecule has 0 spiro atoms. The maximum Gasteiger partial charge on any atom is 0.410 e. The Morgan fingerprint density at radius 3 is 2.92 bits per heavy atom. The summed E-state index contributed by atoms with van der Waals surface area (Å²) in [7, 11) is 0. The largest absolute Gasteiger partial charge is 0.444 e. The van der Waals surface area contributed by atoms with Gasteiger partial charge in [-0.15, -0.1) is 0 Å². The fraction of sp³-hybridized carbons (Fsp3) is 0.588. The number of carbonyl (C=O) groups excluding carboxylic acids is 1. The van der Waals surface area contributed by atoms with Crippen LogP contribution in [0.1, 0.15) is 33.6 Å². The minimum Gasteiger partial charge on any atom is -0.444 e. The van der Waals surface area contributed by atoms with E-state index >= 15 is 4.39 Å². The summed E-state index contributed by atoms with van der Waals surface area (Å²) >= 11 is 5.86. The average Bonchev–Trinajstić information content (AvgIpc) is 2.85. The molecule has 3 rings (SSSR count). The minimum atomic E-state index is -1.55. The van der Waals surface area contributed by atoms with Crippen LogP contribution in [0, 0.1) is 0 Å². The molecule has 3 heterocycles. The van der Waals surface area contributed by atoms with Gasteiger partial charge >= 0.3 is 6.09 Å². The van der Waals surface area contributed by atoms with Gasteiger partial charge in [-0.25, -0.2) is 14.2 Å². The number of pyridine rings is 1. The Morgan fingerprint density at radius 1 is 1.44 bits per heavy atom. The second-order valence-electron chi connectivity index (χ2n) is 7.53. The third-order valence-electron chi connectivity index (χ3n) is 4.01. The molecule has 8 heteroatoms. The van der Waals surface area contributed by atoms with Gasteiger partial charge in [0.05, 0.1) is 13.1 Å². The first-order valence-corrected chi connectivity index (χ1v) is 8.68. The number of alkyl halides is 1. The molecule has 1 saturated heterocycles. The highest BCUT2D eigenvalue weighted by molar-refractivity contribution is 6.29. The molecular weight excluding hydrogens is 347 g/mol. The Balaban J connectivity index is 1.72. The summed E-state index contributed by atoms with van der Waals surface area (Å²) in [6.45, 7) is 5.94. The van der Waals surface area contributed by atoms with Crippen LogP contribution in [0.4, 0.5) is 9.18 Å². The molecule has 136 valence electrons. The van der Waals surface area contributed by atoms with Crippen molar-refractivity contribution in [3.63, 3.8) is 0 Å². The van der Waals surface area contributed by atoms with E-state index in [0.717, 1.165) is 5.39 Å². The molecule has 25 heavy (non-hydrogen) atoms. The summed E-state index contributed by atoms with van der Waals surface area (Å²) in [5.41, 5.74) is -1.67. The van der Waals surface area contributed by atoms with Crippen LogP contribution < -0.4 is 0 Å². The summed E-state index contributed by atoms with van der Waals surface area (Å²) < 4.78 is 22.2. The van der Waals surface area contributed by atoms with Crippen molar-refractivity contribution >= 4 is 28.7 Å². The van der Waals surface area contributed by atoms with Gasteiger partial charge in [0.2, 0.25) is 0 Å². The fourth-order valence-electron chi connectivity index (χ4n) is 3.00. The Hall–Kier alpha value is -1.89. The summed E-state index contributed by atoms with van der Waals surface area (Å²) in [6, 6.07) is 3.47. The molecule has 0 aromatic carbocycles. The van der Waals surface area contributed by atoms with Gasteiger partial charge in [-0.05, 0) is 45.7 Å². The van der Waals surface area contributed by atoms with E-state index in [1.807, 2.05) is 0 Å². The van der Waals surface area contributed by atoms with Crippen molar-refractivity contribution in [3.8, 4) is 0 Å². The van der Waals surface area contributed by atoms with Gasteiger partial charge in [0.25, 0.3) is 0 Å². The lowest BCUT2D eigenvalue weighted by Crippen LogP contribution is -2.51. The predicted molar refractivity (Wildman–Crippen MR) is 93.4 cm³/mol. The molecule has 1 fully saturated rings. The molecular formula is C17H22ClFN4O2. The number of halogens is 2. The number of hydrogen-bond acceptors (Lipinski definition) is 4. The number of piperidine rings is 1. The quantitative estimate of drug-likeness (QED) is 0.756. The molecule has 1 atom stereocenters. The Kier molecular flexibility index (Phi) is 4.62. The number of carbonyl (C=O) groups is 1. The highest BCUT2D eigenvalue weighted by Crippen LogP contribution is 2.29. The van der Waals surface area contributed by atoms with E-state index in [9.17, 15) is 4.79 Å². The van der Waals surface area contributed by atoms with Gasteiger partial charge in [-0.2, -0.15) is 5.10 Å². The molecule has 0 saturated carbocycles. The third-order valence-corrected chi connectivity index (χ3v) is 4.22. The SMILES string of the molecule is CC(C)(C)OC(=O)N1CCCC(F)(Cn2cc3ccc(Cl)nc3n2)C1. The number of ether oxygens (including phenoxy) is 1. The number of aromatic nitrogens is 3. The minimum absolute atomic E-state index is 0.00764. The van der Waals surface area contributed by atoms with Crippen molar-refractivity contribution in [2.24, 2.45) is 0 Å². The number of fused-ring (bicyclic) bond motifs is 1. The van der Waals surface area contributed by atoms with Crippen LogP contribution >= 0.6 is 11.6 Å². The zero-order valence-electron chi connectivity index (χ0n) is 14.6. The van der Waals surface area contributed by atoms with Crippen LogP contribution in [0.15, 0.2) is 18.3 Å². The highest BCUT2D eigenvalue weighted by atomic mass is 35.5. The third kappa shape index (κ3) is 4.39. The number of rotatable bonds is 2. The van der Waals surface area contributed by atoms with Gasteiger partial charge in [-0.1, -0.05) is 11.6 Å². The molecule has 1 unspecified atom stereocenters. The van der Waals surface area contributed by atoms with Gasteiger partial charge in [0.15, 0.2) is 5.65 Å². The number of hydrogen-bond donors (Lipinski definition) is 0. The number of amides is 1. The van der Waals surface area contributed by atoms with Crippen LogP contribution in [0.5, 0.6) is 0 Å². The highest BCUT2D eigenvalue weighted by Gasteiger charge is 2.39. The molecule has 0 radical (unpaired) electrons. The van der Waals surface area contributed by atoms with Gasteiger partial charge in [0, 0.05) is 18.1 Å². The average molecular weight is 369 g/mol. The van der Waals surface area contributed by atoms with E-state index < -0.39 is 17.4 Å². The maximum absolute atomic E-state index is 15.4. The summed E-state index contributed by atoms with van der Waals surface area (Å²) in [5.74, 6) is 0. The van der Waals surface area contributed by atoms with Crippen LogP contribution in [-0.2, 0) is 11.3 Å². The number of likely N-dealkylation sites (tertiary alicyclic amines) is 1. The topological polar surface area (TPSA) is 60.2 Å². The van der Waals surface area contributed by atoms with Crippen molar-refractivity contribution in [3.05, 3.63) is 23.5 Å². The van der Waals surface area contributed by atoms with E-state index in [1.54, 1.807) is 39.1 Å². The summed E-state index contributed by atoms with van der Waals surface area (Å²) in [4.78, 5) is 17.8. The van der Waals surface area contributed by atoms with Crippen LogP contribution in [0.2, 0.25) is 5.15 Å². The van der Waals surface area contributed by atoms with Crippen molar-refractivity contribution in [1.82, 2.24) is 19.7 Å². The van der Waals surface area contributed by atoms with Gasteiger partial charge < -0.3 is 9.64 Å². The Bertz CT molecular complexity index is 789. The Labute approximate surface area is 150 Å². The first kappa shape index (κ1) is 17.9. The lowest BCUT2D eigenvalue weighted by molar-refractivity contribution is -0.0109. The first-order chi connectivity index (χ1) is 11.6. The number of nitrogens with zero attached hydrogens (tertiary/aromatic N) is 4. The lowest BCUT2D eigenvalue weighted by Gasteiger charge is -2.37. The van der Waals surface area contributed by atoms with Crippen LogP contribution in [0.3, 0.4) is 0 Å².